The van der Waals surface area contributed by atoms with Crippen molar-refractivity contribution in [3.8, 4) is 23.0 Å². The van der Waals surface area contributed by atoms with Gasteiger partial charge in [0.1, 0.15) is 0 Å². The van der Waals surface area contributed by atoms with Crippen LogP contribution in [0.4, 0.5) is 0 Å². The van der Waals surface area contributed by atoms with Crippen molar-refractivity contribution in [2.45, 2.75) is 18.9 Å². The van der Waals surface area contributed by atoms with E-state index in [0.717, 1.165) is 29.0 Å². The summed E-state index contributed by atoms with van der Waals surface area (Å²) in [6.45, 7) is 0.914. The van der Waals surface area contributed by atoms with Gasteiger partial charge in [0.05, 0.1) is 25.8 Å². The molecule has 6 nitrogen and oxygen atoms in total. The number of hydrogen-bond acceptors (Lipinski definition) is 5. The number of ether oxygens (including phenoxy) is 4. The summed E-state index contributed by atoms with van der Waals surface area (Å²) in [5, 5.41) is 0. The molecule has 26 heavy (non-hydrogen) atoms. The van der Waals surface area contributed by atoms with E-state index in [2.05, 4.69) is 6.07 Å². The number of nitrogens with zero attached hydrogens (tertiary/aromatic N) is 1. The molecule has 0 bridgehead atoms. The lowest BCUT2D eigenvalue weighted by atomic mass is 9.94. The van der Waals surface area contributed by atoms with Gasteiger partial charge in [0.25, 0.3) is 5.91 Å². The third-order valence-corrected chi connectivity index (χ3v) is 5.55. The first-order valence-electron chi connectivity index (χ1n) is 8.69. The first kappa shape index (κ1) is 15.4. The molecule has 0 spiro atoms. The van der Waals surface area contributed by atoms with E-state index in [-0.39, 0.29) is 18.7 Å². The normalized spacial score (nSPS) is 19.5. The van der Waals surface area contributed by atoms with Crippen LogP contribution in [-0.2, 0) is 12.8 Å². The average molecular weight is 353 g/mol. The molecule has 3 aliphatic heterocycles. The number of rotatable bonds is 2. The summed E-state index contributed by atoms with van der Waals surface area (Å²) in [7, 11) is 3.15. The molecule has 134 valence electrons. The molecule has 2 aromatic rings. The quantitative estimate of drug-likeness (QED) is 0.831. The second-order valence-corrected chi connectivity index (χ2v) is 6.67. The van der Waals surface area contributed by atoms with Gasteiger partial charge in [0, 0.05) is 18.5 Å². The van der Waals surface area contributed by atoms with Crippen molar-refractivity contribution in [3.05, 3.63) is 46.5 Å². The Bertz CT molecular complexity index is 923. The fourth-order valence-electron chi connectivity index (χ4n) is 4.33. The largest absolute Gasteiger partial charge is 0.493 e. The molecule has 0 saturated carbocycles. The third kappa shape index (κ3) is 1.95. The van der Waals surface area contributed by atoms with Crippen LogP contribution in [0.2, 0.25) is 0 Å². The summed E-state index contributed by atoms with van der Waals surface area (Å²) >= 11 is 0. The Hall–Kier alpha value is -2.89. The highest BCUT2D eigenvalue weighted by atomic mass is 16.7. The average Bonchev–Trinajstić information content (AvgIpc) is 3.18. The molecule has 0 saturated heterocycles. The van der Waals surface area contributed by atoms with Crippen molar-refractivity contribution in [3.63, 3.8) is 0 Å². The molecule has 5 rings (SSSR count). The topological polar surface area (TPSA) is 57.2 Å². The molecule has 1 unspecified atom stereocenters. The Morgan fingerprint density at radius 2 is 2.00 bits per heavy atom. The SMILES string of the molecule is COc1ccc2c(c1OC)C(=O)N1CCc3ccc4c(c3CC21)OCO4. The predicted molar refractivity (Wildman–Crippen MR) is 93.3 cm³/mol. The zero-order valence-corrected chi connectivity index (χ0v) is 14.7. The van der Waals surface area contributed by atoms with Crippen molar-refractivity contribution >= 4 is 5.91 Å². The minimum atomic E-state index is -0.0331. The van der Waals surface area contributed by atoms with E-state index in [0.29, 0.717) is 30.0 Å². The third-order valence-electron chi connectivity index (χ3n) is 5.55. The Labute approximate surface area is 151 Å². The smallest absolute Gasteiger partial charge is 0.258 e. The lowest BCUT2D eigenvalue weighted by molar-refractivity contribution is 0.0730. The van der Waals surface area contributed by atoms with Gasteiger partial charge in [-0.1, -0.05) is 12.1 Å². The van der Waals surface area contributed by atoms with Gasteiger partial charge in [-0.2, -0.15) is 0 Å². The van der Waals surface area contributed by atoms with Crippen LogP contribution in [0, 0.1) is 0 Å². The van der Waals surface area contributed by atoms with Crippen molar-refractivity contribution in [2.24, 2.45) is 0 Å². The number of carbonyl (C=O) groups is 1. The van der Waals surface area contributed by atoms with E-state index in [1.54, 1.807) is 14.2 Å². The van der Waals surface area contributed by atoms with Gasteiger partial charge >= 0.3 is 0 Å². The molecule has 1 atom stereocenters. The van der Waals surface area contributed by atoms with Gasteiger partial charge in [-0.3, -0.25) is 4.79 Å². The lowest BCUT2D eigenvalue weighted by Crippen LogP contribution is -2.29. The maximum absolute atomic E-state index is 13.2. The van der Waals surface area contributed by atoms with Crippen LogP contribution in [-0.4, -0.2) is 38.4 Å². The fourth-order valence-corrected chi connectivity index (χ4v) is 4.33. The molecule has 0 radical (unpaired) electrons. The summed E-state index contributed by atoms with van der Waals surface area (Å²) in [4.78, 5) is 15.1. The molecule has 3 heterocycles. The molecular weight excluding hydrogens is 334 g/mol. The van der Waals surface area contributed by atoms with E-state index < -0.39 is 0 Å². The highest BCUT2D eigenvalue weighted by molar-refractivity contribution is 6.02. The van der Waals surface area contributed by atoms with Crippen LogP contribution in [0.5, 0.6) is 23.0 Å². The summed E-state index contributed by atoms with van der Waals surface area (Å²) < 4.78 is 22.1. The van der Waals surface area contributed by atoms with Gasteiger partial charge in [-0.05, 0) is 29.7 Å². The monoisotopic (exact) mass is 353 g/mol. The molecule has 0 aliphatic carbocycles. The van der Waals surface area contributed by atoms with Crippen molar-refractivity contribution in [1.29, 1.82) is 0 Å². The minimum absolute atomic E-state index is 0.00219. The summed E-state index contributed by atoms with van der Waals surface area (Å²) in [6.07, 6.45) is 1.50. The molecule has 0 fully saturated rings. The van der Waals surface area contributed by atoms with Crippen LogP contribution >= 0.6 is 0 Å². The maximum Gasteiger partial charge on any atom is 0.258 e. The molecule has 1 amide bonds. The molecule has 3 aliphatic rings. The number of amides is 1. The highest BCUT2D eigenvalue weighted by Crippen LogP contribution is 2.48. The molecule has 0 aromatic heterocycles. The van der Waals surface area contributed by atoms with Crippen LogP contribution in [0.15, 0.2) is 24.3 Å². The Morgan fingerprint density at radius 1 is 1.12 bits per heavy atom. The van der Waals surface area contributed by atoms with Gasteiger partial charge in [0.2, 0.25) is 6.79 Å². The Morgan fingerprint density at radius 3 is 2.81 bits per heavy atom. The predicted octanol–water partition coefficient (Wildman–Crippen LogP) is 2.73. The van der Waals surface area contributed by atoms with Crippen LogP contribution in [0.25, 0.3) is 0 Å². The first-order chi connectivity index (χ1) is 12.7. The maximum atomic E-state index is 13.2. The number of fused-ring (bicyclic) bond motifs is 6. The summed E-state index contributed by atoms with van der Waals surface area (Å²) in [6, 6.07) is 7.86. The number of carbonyl (C=O) groups excluding carboxylic acids is 1. The standard InChI is InChI=1S/C20H19NO5/c1-23-15-6-4-12-14-9-13-11(3-5-16-18(13)26-10-25-16)7-8-21(14)20(22)17(12)19(15)24-2/h3-6,14H,7-10H2,1-2H3. The van der Waals surface area contributed by atoms with Crippen LogP contribution < -0.4 is 18.9 Å². The zero-order valence-electron chi connectivity index (χ0n) is 14.7. The van der Waals surface area contributed by atoms with Gasteiger partial charge < -0.3 is 23.8 Å². The molecule has 0 N–H and O–H groups in total. The fraction of sp³-hybridized carbons (Fsp3) is 0.350. The second kappa shape index (κ2) is 5.56. The minimum Gasteiger partial charge on any atom is -0.493 e. The van der Waals surface area contributed by atoms with Crippen molar-refractivity contribution in [2.75, 3.05) is 27.6 Å². The number of benzene rings is 2. The van der Waals surface area contributed by atoms with Crippen molar-refractivity contribution < 1.29 is 23.7 Å². The van der Waals surface area contributed by atoms with E-state index >= 15 is 0 Å². The Kier molecular flexibility index (Phi) is 3.29. The van der Waals surface area contributed by atoms with Crippen molar-refractivity contribution in [1.82, 2.24) is 4.90 Å². The summed E-state index contributed by atoms with van der Waals surface area (Å²) in [5.41, 5.74) is 3.96. The molecule has 6 heteroatoms. The zero-order chi connectivity index (χ0) is 17.8. The van der Waals surface area contributed by atoms with Gasteiger partial charge in [-0.15, -0.1) is 0 Å². The summed E-state index contributed by atoms with van der Waals surface area (Å²) in [5.74, 6) is 2.71. The molecule has 2 aromatic carbocycles. The van der Waals surface area contributed by atoms with E-state index in [1.807, 2.05) is 23.1 Å². The number of hydrogen-bond donors (Lipinski definition) is 0. The van der Waals surface area contributed by atoms with E-state index in [4.69, 9.17) is 18.9 Å². The van der Waals surface area contributed by atoms with E-state index in [1.165, 1.54) is 5.56 Å². The van der Waals surface area contributed by atoms with Gasteiger partial charge in [0.15, 0.2) is 23.0 Å². The lowest BCUT2D eigenvalue weighted by Gasteiger charge is -2.22. The van der Waals surface area contributed by atoms with Crippen LogP contribution in [0.1, 0.15) is 33.1 Å². The number of methoxy groups -OCH3 is 2. The van der Waals surface area contributed by atoms with Gasteiger partial charge in [-0.25, -0.2) is 0 Å². The van der Waals surface area contributed by atoms with E-state index in [9.17, 15) is 4.79 Å². The first-order valence-corrected chi connectivity index (χ1v) is 8.69. The van der Waals surface area contributed by atoms with Crippen LogP contribution in [0.3, 0.4) is 0 Å². The highest BCUT2D eigenvalue weighted by Gasteiger charge is 2.42. The second-order valence-electron chi connectivity index (χ2n) is 6.67. The Balaban J connectivity index is 1.65. The molecular formula is C20H19NO5.